The van der Waals surface area contributed by atoms with E-state index in [0.717, 1.165) is 5.82 Å². The highest BCUT2D eigenvalue weighted by molar-refractivity contribution is 5.61. The Labute approximate surface area is 104 Å². The monoisotopic (exact) mass is 230 g/mol. The molecule has 2 nitrogen and oxygen atoms in total. The molecule has 0 aliphatic carbocycles. The molecule has 0 bridgehead atoms. The van der Waals surface area contributed by atoms with Crippen molar-refractivity contribution in [3.8, 4) is 11.4 Å². The molecule has 0 atom stereocenters. The quantitative estimate of drug-likeness (QED) is 0.772. The predicted molar refractivity (Wildman–Crippen MR) is 74.1 cm³/mol. The van der Waals surface area contributed by atoms with E-state index in [9.17, 15) is 0 Å². The number of benzene rings is 1. The number of nitrogens with one attached hydrogen (secondary N) is 1. The Kier molecular flexibility index (Phi) is 4.50. The Morgan fingerprint density at radius 3 is 2.24 bits per heavy atom. The summed E-state index contributed by atoms with van der Waals surface area (Å²) in [7, 11) is 0. The minimum Gasteiger partial charge on any atom is -0.345 e. The largest absolute Gasteiger partial charge is 0.345 e. The van der Waals surface area contributed by atoms with Crippen molar-refractivity contribution in [3.63, 3.8) is 0 Å². The smallest absolute Gasteiger partial charge is 0.137 e. The standard InChI is InChI=1S/C13H16N2.C2H6/c1-13(2,3)11-7-5-4-6-10(11)12-14-8-9-15-12;1-2/h4-9H,1-3H3,(H,14,15);1-2H3. The lowest BCUT2D eigenvalue weighted by atomic mass is 9.83. The van der Waals surface area contributed by atoms with Crippen LogP contribution in [0.25, 0.3) is 11.4 Å². The van der Waals surface area contributed by atoms with Gasteiger partial charge in [0.1, 0.15) is 5.82 Å². The zero-order valence-electron chi connectivity index (χ0n) is 11.4. The van der Waals surface area contributed by atoms with Crippen molar-refractivity contribution in [3.05, 3.63) is 42.2 Å². The van der Waals surface area contributed by atoms with Crippen molar-refractivity contribution in [1.29, 1.82) is 0 Å². The van der Waals surface area contributed by atoms with Crippen LogP contribution >= 0.6 is 0 Å². The van der Waals surface area contributed by atoms with E-state index in [0.29, 0.717) is 0 Å². The molecule has 2 rings (SSSR count). The first kappa shape index (κ1) is 13.5. The van der Waals surface area contributed by atoms with Gasteiger partial charge in [-0.25, -0.2) is 4.98 Å². The molecule has 1 aromatic heterocycles. The topological polar surface area (TPSA) is 28.7 Å². The van der Waals surface area contributed by atoms with Crippen LogP contribution in [0, 0.1) is 0 Å². The van der Waals surface area contributed by atoms with Gasteiger partial charge in [0.15, 0.2) is 0 Å². The van der Waals surface area contributed by atoms with Crippen molar-refractivity contribution in [1.82, 2.24) is 9.97 Å². The van der Waals surface area contributed by atoms with Crippen molar-refractivity contribution in [2.45, 2.75) is 40.0 Å². The minimum absolute atomic E-state index is 0.142. The van der Waals surface area contributed by atoms with Crippen molar-refractivity contribution >= 4 is 0 Å². The van der Waals surface area contributed by atoms with Gasteiger partial charge in [-0.05, 0) is 11.0 Å². The summed E-state index contributed by atoms with van der Waals surface area (Å²) in [6, 6.07) is 8.40. The second-order valence-electron chi connectivity index (χ2n) is 4.73. The molecule has 0 aliphatic heterocycles. The van der Waals surface area contributed by atoms with Gasteiger partial charge in [0, 0.05) is 18.0 Å². The van der Waals surface area contributed by atoms with Crippen LogP contribution in [0.4, 0.5) is 0 Å². The van der Waals surface area contributed by atoms with E-state index in [-0.39, 0.29) is 5.41 Å². The number of imidazole rings is 1. The fraction of sp³-hybridized carbons (Fsp3) is 0.400. The first-order chi connectivity index (χ1) is 8.09. The number of hydrogen-bond donors (Lipinski definition) is 1. The minimum atomic E-state index is 0.142. The van der Waals surface area contributed by atoms with Crippen LogP contribution in [0.5, 0.6) is 0 Å². The molecule has 0 fully saturated rings. The summed E-state index contributed by atoms with van der Waals surface area (Å²) in [5.74, 6) is 0.945. The van der Waals surface area contributed by atoms with Gasteiger partial charge in [-0.3, -0.25) is 0 Å². The molecule has 2 heteroatoms. The van der Waals surface area contributed by atoms with Gasteiger partial charge in [-0.2, -0.15) is 0 Å². The number of H-pyrrole nitrogens is 1. The summed E-state index contributed by atoms with van der Waals surface area (Å²) < 4.78 is 0. The average Bonchev–Trinajstić information content (AvgIpc) is 2.84. The molecule has 0 aliphatic rings. The normalized spacial score (nSPS) is 10.6. The summed E-state index contributed by atoms with van der Waals surface area (Å²) in [5, 5.41) is 0. The fourth-order valence-electron chi connectivity index (χ4n) is 1.76. The zero-order valence-corrected chi connectivity index (χ0v) is 11.4. The Morgan fingerprint density at radius 1 is 1.06 bits per heavy atom. The molecule has 17 heavy (non-hydrogen) atoms. The van der Waals surface area contributed by atoms with E-state index in [4.69, 9.17) is 0 Å². The summed E-state index contributed by atoms with van der Waals surface area (Å²) >= 11 is 0. The number of aromatic nitrogens is 2. The Balaban J connectivity index is 0.000000686. The summed E-state index contributed by atoms with van der Waals surface area (Å²) in [6.45, 7) is 10.7. The van der Waals surface area contributed by atoms with E-state index in [2.05, 4.69) is 48.9 Å². The summed E-state index contributed by atoms with van der Waals surface area (Å²) in [6.07, 6.45) is 3.64. The predicted octanol–water partition coefficient (Wildman–Crippen LogP) is 4.40. The molecule has 0 amide bonds. The number of aromatic amines is 1. The Morgan fingerprint density at radius 2 is 1.71 bits per heavy atom. The van der Waals surface area contributed by atoms with E-state index >= 15 is 0 Å². The van der Waals surface area contributed by atoms with Crippen molar-refractivity contribution < 1.29 is 0 Å². The Bertz CT molecular complexity index is 436. The highest BCUT2D eigenvalue weighted by atomic mass is 14.9. The third-order valence-electron chi connectivity index (χ3n) is 2.49. The maximum atomic E-state index is 4.31. The molecule has 0 saturated heterocycles. The number of hydrogen-bond acceptors (Lipinski definition) is 1. The maximum absolute atomic E-state index is 4.31. The van der Waals surface area contributed by atoms with Gasteiger partial charge >= 0.3 is 0 Å². The second kappa shape index (κ2) is 5.67. The van der Waals surface area contributed by atoms with Crippen LogP contribution < -0.4 is 0 Å². The van der Waals surface area contributed by atoms with E-state index in [1.165, 1.54) is 11.1 Å². The molecule has 0 unspecified atom stereocenters. The Hall–Kier alpha value is -1.57. The van der Waals surface area contributed by atoms with Gasteiger partial charge in [0.05, 0.1) is 0 Å². The van der Waals surface area contributed by atoms with Crippen LogP contribution in [0.3, 0.4) is 0 Å². The average molecular weight is 230 g/mol. The fourth-order valence-corrected chi connectivity index (χ4v) is 1.76. The van der Waals surface area contributed by atoms with Gasteiger partial charge in [0.25, 0.3) is 0 Å². The molecular formula is C15H22N2. The lowest BCUT2D eigenvalue weighted by molar-refractivity contribution is 0.591. The van der Waals surface area contributed by atoms with E-state index in [1.807, 2.05) is 26.1 Å². The summed E-state index contributed by atoms with van der Waals surface area (Å²) in [5.41, 5.74) is 2.65. The summed E-state index contributed by atoms with van der Waals surface area (Å²) in [4.78, 5) is 7.46. The highest BCUT2D eigenvalue weighted by Gasteiger charge is 2.18. The van der Waals surface area contributed by atoms with Crippen LogP contribution in [0.15, 0.2) is 36.7 Å². The third kappa shape index (κ3) is 3.19. The molecular weight excluding hydrogens is 208 g/mol. The number of rotatable bonds is 1. The van der Waals surface area contributed by atoms with Crippen molar-refractivity contribution in [2.75, 3.05) is 0 Å². The van der Waals surface area contributed by atoms with E-state index in [1.54, 1.807) is 6.20 Å². The maximum Gasteiger partial charge on any atom is 0.137 e. The van der Waals surface area contributed by atoms with Gasteiger partial charge < -0.3 is 4.98 Å². The first-order valence-corrected chi connectivity index (χ1v) is 6.18. The lowest BCUT2D eigenvalue weighted by Gasteiger charge is -2.21. The first-order valence-electron chi connectivity index (χ1n) is 6.18. The number of nitrogens with zero attached hydrogens (tertiary/aromatic N) is 1. The molecule has 92 valence electrons. The van der Waals surface area contributed by atoms with Gasteiger partial charge in [-0.1, -0.05) is 58.9 Å². The molecule has 0 spiro atoms. The van der Waals surface area contributed by atoms with Crippen LogP contribution in [0.1, 0.15) is 40.2 Å². The molecule has 1 aromatic carbocycles. The molecule has 1 N–H and O–H groups in total. The molecule has 0 radical (unpaired) electrons. The molecule has 0 saturated carbocycles. The zero-order chi connectivity index (χ0) is 12.9. The molecule has 1 heterocycles. The van der Waals surface area contributed by atoms with Crippen molar-refractivity contribution in [2.24, 2.45) is 0 Å². The van der Waals surface area contributed by atoms with Crippen LogP contribution in [0.2, 0.25) is 0 Å². The van der Waals surface area contributed by atoms with Crippen LogP contribution in [-0.4, -0.2) is 9.97 Å². The van der Waals surface area contributed by atoms with E-state index < -0.39 is 0 Å². The van der Waals surface area contributed by atoms with Gasteiger partial charge in [0.2, 0.25) is 0 Å². The van der Waals surface area contributed by atoms with Crippen LogP contribution in [-0.2, 0) is 5.41 Å². The SMILES string of the molecule is CC.CC(C)(C)c1ccccc1-c1ncc[nH]1. The second-order valence-corrected chi connectivity index (χ2v) is 4.73. The molecule has 2 aromatic rings. The highest BCUT2D eigenvalue weighted by Crippen LogP contribution is 2.30. The lowest BCUT2D eigenvalue weighted by Crippen LogP contribution is -2.12. The van der Waals surface area contributed by atoms with Gasteiger partial charge in [-0.15, -0.1) is 0 Å². The third-order valence-corrected chi connectivity index (χ3v) is 2.49.